The van der Waals surface area contributed by atoms with Gasteiger partial charge in [-0.15, -0.1) is 11.8 Å². The first-order valence-electron chi connectivity index (χ1n) is 12.3. The number of nitro groups is 1. The van der Waals surface area contributed by atoms with Crippen LogP contribution in [-0.2, 0) is 29.5 Å². The van der Waals surface area contributed by atoms with E-state index in [2.05, 4.69) is 0 Å². The molecule has 0 saturated heterocycles. The molecule has 0 aliphatic heterocycles. The second kappa shape index (κ2) is 16.7. The first-order chi connectivity index (χ1) is 21.1. The highest BCUT2D eigenvalue weighted by molar-refractivity contribution is 7.98. The lowest BCUT2D eigenvalue weighted by atomic mass is 10.3. The molecule has 14 nitrogen and oxygen atoms in total. The zero-order valence-electron chi connectivity index (χ0n) is 24.8. The van der Waals surface area contributed by atoms with Gasteiger partial charge in [0.15, 0.2) is 35.3 Å². The molecular formula is C28H32N2O12S4. The summed E-state index contributed by atoms with van der Waals surface area (Å²) in [5.74, 6) is -0.269. The first kappa shape index (κ1) is 39.5. The Labute approximate surface area is 270 Å². The topological polar surface area (TPSA) is 252 Å². The molecule has 0 heterocycles. The number of aromatic hydroxyl groups is 4. The summed E-state index contributed by atoms with van der Waals surface area (Å²) in [7, 11) is -9.86. The quantitative estimate of drug-likeness (QED) is 0.0644. The van der Waals surface area contributed by atoms with Gasteiger partial charge in [-0.3, -0.25) is 10.1 Å². The standard InChI is InChI=1S/C7H7NO5S.C7H9NO3S.C7H8O3S.C7H8OS/c1-14(12,13)5-2-3-7(9)6(4-5)8(10)11;1-12(10,11)5-2-3-7(9)6(8)4-5;1-11(9,10)7-4-2-6(8)3-5-7;1-9-7-4-2-6(8)3-5-7/h2-4,9H,1H3;2-4,9H,8H2,1H3;2-5,8H,1H3;2-5,8H,1H3. The van der Waals surface area contributed by atoms with Crippen LogP contribution < -0.4 is 5.73 Å². The molecule has 250 valence electrons. The molecular weight excluding hydrogens is 685 g/mol. The second-order valence-electron chi connectivity index (χ2n) is 9.14. The number of thioether (sulfide) groups is 1. The first-order valence-corrected chi connectivity index (χ1v) is 19.2. The van der Waals surface area contributed by atoms with E-state index in [1.54, 1.807) is 23.9 Å². The van der Waals surface area contributed by atoms with Crippen molar-refractivity contribution in [2.24, 2.45) is 0 Å². The van der Waals surface area contributed by atoms with Gasteiger partial charge in [-0.2, -0.15) is 0 Å². The third-order valence-corrected chi connectivity index (χ3v) is 9.43. The van der Waals surface area contributed by atoms with Crippen LogP contribution in [0.3, 0.4) is 0 Å². The van der Waals surface area contributed by atoms with Crippen molar-refractivity contribution >= 4 is 52.6 Å². The fraction of sp³-hybridized carbons (Fsp3) is 0.143. The van der Waals surface area contributed by atoms with E-state index in [1.165, 1.54) is 47.4 Å². The SMILES string of the molecule is CS(=O)(=O)c1ccc(O)c(N)c1.CS(=O)(=O)c1ccc(O)c([N+](=O)[O-])c1.CS(=O)(=O)c1ccc(O)cc1.CSc1ccc(O)cc1. The van der Waals surface area contributed by atoms with Crippen molar-refractivity contribution in [2.75, 3.05) is 30.8 Å². The molecule has 0 amide bonds. The predicted molar refractivity (Wildman–Crippen MR) is 175 cm³/mol. The highest BCUT2D eigenvalue weighted by Crippen LogP contribution is 2.28. The summed E-state index contributed by atoms with van der Waals surface area (Å²) in [6.07, 6.45) is 5.15. The minimum absolute atomic E-state index is 0.0670. The molecule has 18 heteroatoms. The van der Waals surface area contributed by atoms with E-state index in [-0.39, 0.29) is 31.9 Å². The van der Waals surface area contributed by atoms with E-state index in [1.807, 2.05) is 18.4 Å². The maximum absolute atomic E-state index is 11.0. The predicted octanol–water partition coefficient (Wildman–Crippen LogP) is 3.99. The third kappa shape index (κ3) is 13.6. The summed E-state index contributed by atoms with van der Waals surface area (Å²) in [4.78, 5) is 10.8. The Morgan fingerprint density at radius 1 is 0.609 bits per heavy atom. The Morgan fingerprint density at radius 2 is 0.978 bits per heavy atom. The Balaban J connectivity index is 0.000000310. The number of benzene rings is 4. The number of nitrogens with two attached hydrogens (primary N) is 1. The van der Waals surface area contributed by atoms with Gasteiger partial charge in [-0.1, -0.05) is 0 Å². The van der Waals surface area contributed by atoms with Gasteiger partial charge in [0, 0.05) is 29.7 Å². The lowest BCUT2D eigenvalue weighted by Gasteiger charge is -2.01. The van der Waals surface area contributed by atoms with Crippen LogP contribution in [0.5, 0.6) is 23.0 Å². The van der Waals surface area contributed by atoms with Gasteiger partial charge in [0.1, 0.15) is 17.2 Å². The van der Waals surface area contributed by atoms with Crippen LogP contribution in [0.25, 0.3) is 0 Å². The van der Waals surface area contributed by atoms with Crippen LogP contribution in [0.15, 0.2) is 105 Å². The largest absolute Gasteiger partial charge is 0.508 e. The van der Waals surface area contributed by atoms with Crippen molar-refractivity contribution in [3.8, 4) is 23.0 Å². The monoisotopic (exact) mass is 716 g/mol. The summed E-state index contributed by atoms with van der Waals surface area (Å²) < 4.78 is 65.7. The summed E-state index contributed by atoms with van der Waals surface area (Å²) in [5.41, 5.74) is 4.75. The summed E-state index contributed by atoms with van der Waals surface area (Å²) in [5, 5.41) is 46.0. The molecule has 0 aromatic heterocycles. The summed E-state index contributed by atoms with van der Waals surface area (Å²) in [6.45, 7) is 0. The van der Waals surface area contributed by atoms with Gasteiger partial charge in [0.25, 0.3) is 0 Å². The molecule has 4 aromatic rings. The summed E-state index contributed by atoms with van der Waals surface area (Å²) in [6, 6.07) is 19.3. The molecule has 0 fully saturated rings. The van der Waals surface area contributed by atoms with Crippen LogP contribution in [0, 0.1) is 10.1 Å². The number of phenols is 4. The molecule has 0 atom stereocenters. The zero-order chi connectivity index (χ0) is 35.5. The normalized spacial score (nSPS) is 11.0. The molecule has 46 heavy (non-hydrogen) atoms. The number of anilines is 1. The lowest BCUT2D eigenvalue weighted by Crippen LogP contribution is -1.98. The van der Waals surface area contributed by atoms with Gasteiger partial charge in [0.2, 0.25) is 0 Å². The van der Waals surface area contributed by atoms with Gasteiger partial charge in [0.05, 0.1) is 25.3 Å². The highest BCUT2D eigenvalue weighted by atomic mass is 32.2. The van der Waals surface area contributed by atoms with Crippen molar-refractivity contribution in [1.82, 2.24) is 0 Å². The number of phenolic OH excluding ortho intramolecular Hbond substituents is 4. The third-order valence-electron chi connectivity index (χ3n) is 5.34. The Morgan fingerprint density at radius 3 is 1.35 bits per heavy atom. The van der Waals surface area contributed by atoms with Crippen LogP contribution in [0.4, 0.5) is 11.4 Å². The minimum atomic E-state index is -3.49. The summed E-state index contributed by atoms with van der Waals surface area (Å²) >= 11 is 1.67. The molecule has 0 spiro atoms. The Hall–Kier alpha value is -4.52. The van der Waals surface area contributed by atoms with Crippen molar-refractivity contribution in [1.29, 1.82) is 0 Å². The smallest absolute Gasteiger partial charge is 0.311 e. The van der Waals surface area contributed by atoms with Gasteiger partial charge in [-0.25, -0.2) is 25.3 Å². The average Bonchev–Trinajstić information content (AvgIpc) is 2.94. The maximum atomic E-state index is 11.0. The molecule has 6 N–H and O–H groups in total. The molecule has 4 aromatic carbocycles. The molecule has 0 saturated carbocycles. The van der Waals surface area contributed by atoms with E-state index >= 15 is 0 Å². The van der Waals surface area contributed by atoms with Crippen LogP contribution >= 0.6 is 11.8 Å². The minimum Gasteiger partial charge on any atom is -0.508 e. The average molecular weight is 717 g/mol. The Kier molecular flexibility index (Phi) is 14.3. The van der Waals surface area contributed by atoms with Gasteiger partial charge < -0.3 is 26.2 Å². The van der Waals surface area contributed by atoms with Crippen LogP contribution in [0.2, 0.25) is 0 Å². The van der Waals surface area contributed by atoms with Crippen molar-refractivity contribution < 1.29 is 50.6 Å². The van der Waals surface area contributed by atoms with Crippen molar-refractivity contribution in [3.05, 3.63) is 95.0 Å². The number of hydrogen-bond acceptors (Lipinski definition) is 14. The van der Waals surface area contributed by atoms with E-state index < -0.39 is 45.9 Å². The number of nitrogens with zero attached hydrogens (tertiary/aromatic N) is 1. The van der Waals surface area contributed by atoms with E-state index in [4.69, 9.17) is 26.2 Å². The van der Waals surface area contributed by atoms with E-state index in [0.717, 1.165) is 37.0 Å². The molecule has 0 aliphatic carbocycles. The number of nitro benzene ring substituents is 1. The number of hydrogen-bond donors (Lipinski definition) is 5. The van der Waals surface area contributed by atoms with Crippen molar-refractivity contribution in [3.63, 3.8) is 0 Å². The van der Waals surface area contributed by atoms with Gasteiger partial charge >= 0.3 is 5.69 Å². The fourth-order valence-electron chi connectivity index (χ4n) is 2.92. The fourth-order valence-corrected chi connectivity index (χ4v) is 5.25. The van der Waals surface area contributed by atoms with Crippen LogP contribution in [-0.4, -0.2) is 75.6 Å². The maximum Gasteiger partial charge on any atom is 0.311 e. The molecule has 0 radical (unpaired) electrons. The van der Waals surface area contributed by atoms with Gasteiger partial charge in [-0.05, 0) is 85.1 Å². The molecule has 4 rings (SSSR count). The number of sulfone groups is 3. The zero-order valence-corrected chi connectivity index (χ0v) is 28.1. The Bertz CT molecular complexity index is 1960. The van der Waals surface area contributed by atoms with E-state index in [9.17, 15) is 35.4 Å². The lowest BCUT2D eigenvalue weighted by molar-refractivity contribution is -0.386. The molecule has 0 unspecified atom stereocenters. The number of nitrogen functional groups attached to an aromatic ring is 1. The number of rotatable bonds is 5. The molecule has 0 aliphatic rings. The second-order valence-corrected chi connectivity index (χ2v) is 16.1. The molecule has 0 bridgehead atoms. The van der Waals surface area contributed by atoms with Crippen LogP contribution in [0.1, 0.15) is 0 Å². The van der Waals surface area contributed by atoms with Crippen molar-refractivity contribution in [2.45, 2.75) is 19.6 Å². The van der Waals surface area contributed by atoms with E-state index in [0.29, 0.717) is 5.75 Å². The highest BCUT2D eigenvalue weighted by Gasteiger charge is 2.17.